The van der Waals surface area contributed by atoms with Gasteiger partial charge in [-0.05, 0) is 44.4 Å². The zero-order valence-electron chi connectivity index (χ0n) is 19.1. The molecule has 0 saturated carbocycles. The number of benzene rings is 1. The molecule has 0 bridgehead atoms. The zero-order valence-corrected chi connectivity index (χ0v) is 21.4. The largest absolute Gasteiger partial charge is 0.466 e. The quantitative estimate of drug-likeness (QED) is 0.239. The molecule has 0 aliphatic carbocycles. The third-order valence-corrected chi connectivity index (χ3v) is 5.90. The van der Waals surface area contributed by atoms with Crippen molar-refractivity contribution in [3.8, 4) is 0 Å². The number of hydrogen-bond donors (Lipinski definition) is 1. The topological polar surface area (TPSA) is 66.4 Å². The lowest BCUT2D eigenvalue weighted by Crippen LogP contribution is -2.47. The van der Waals surface area contributed by atoms with Crippen LogP contribution in [0.1, 0.15) is 38.3 Å². The highest BCUT2D eigenvalue weighted by Gasteiger charge is 2.28. The number of carbonyl (C=O) groups excluding carboxylic acids is 1. The summed E-state index contributed by atoms with van der Waals surface area (Å²) in [6, 6.07) is 6.79. The van der Waals surface area contributed by atoms with Crippen LogP contribution in [-0.2, 0) is 14.3 Å². The van der Waals surface area contributed by atoms with Gasteiger partial charge in [-0.15, -0.1) is 24.0 Å². The van der Waals surface area contributed by atoms with Crippen LogP contribution in [0.2, 0.25) is 0 Å². The normalized spacial score (nSPS) is 19.2. The second-order valence-corrected chi connectivity index (χ2v) is 7.92. The summed E-state index contributed by atoms with van der Waals surface area (Å²) in [6.07, 6.45) is 1.54. The molecule has 0 spiro atoms. The Labute approximate surface area is 207 Å². The number of aliphatic imine (C=N–C) groups is 1. The molecule has 3 rings (SSSR count). The summed E-state index contributed by atoms with van der Waals surface area (Å²) < 4.78 is 24.2. The van der Waals surface area contributed by atoms with E-state index in [4.69, 9.17) is 14.5 Å². The van der Waals surface area contributed by atoms with Crippen LogP contribution in [0.4, 0.5) is 4.39 Å². The molecule has 1 unspecified atom stereocenters. The van der Waals surface area contributed by atoms with Gasteiger partial charge in [-0.1, -0.05) is 12.1 Å². The molecule has 2 saturated heterocycles. The van der Waals surface area contributed by atoms with Crippen molar-refractivity contribution in [2.24, 2.45) is 10.9 Å². The maximum Gasteiger partial charge on any atom is 0.309 e. The van der Waals surface area contributed by atoms with Crippen LogP contribution in [0.25, 0.3) is 0 Å². The van der Waals surface area contributed by atoms with Gasteiger partial charge >= 0.3 is 5.97 Å². The SMILES string of the molecule is CCNC(=NCC(c1ccc(F)cc1)N1CCOCC1)N1CCC(C(=O)OCC)CC1.I. The first-order valence-electron chi connectivity index (χ1n) is 11.4. The van der Waals surface area contributed by atoms with Crippen molar-refractivity contribution in [3.05, 3.63) is 35.6 Å². The molecule has 1 atom stereocenters. The fourth-order valence-electron chi connectivity index (χ4n) is 4.19. The first-order valence-corrected chi connectivity index (χ1v) is 11.4. The summed E-state index contributed by atoms with van der Waals surface area (Å²) in [5.74, 6) is 0.517. The number of nitrogens with one attached hydrogen (secondary N) is 1. The number of hydrogen-bond acceptors (Lipinski definition) is 5. The van der Waals surface area contributed by atoms with E-state index >= 15 is 0 Å². The van der Waals surface area contributed by atoms with Gasteiger partial charge in [0.1, 0.15) is 5.82 Å². The third kappa shape index (κ3) is 7.55. The molecule has 9 heteroatoms. The fraction of sp³-hybridized carbons (Fsp3) is 0.652. The van der Waals surface area contributed by atoms with Crippen LogP contribution in [0.15, 0.2) is 29.3 Å². The third-order valence-electron chi connectivity index (χ3n) is 5.90. The Morgan fingerprint density at radius 3 is 2.44 bits per heavy atom. The van der Waals surface area contributed by atoms with Gasteiger partial charge < -0.3 is 19.7 Å². The van der Waals surface area contributed by atoms with E-state index in [2.05, 4.69) is 22.0 Å². The molecule has 1 aromatic rings. The summed E-state index contributed by atoms with van der Waals surface area (Å²) in [6.45, 7) is 10.3. The minimum atomic E-state index is -0.231. The van der Waals surface area contributed by atoms with Gasteiger partial charge in [0.25, 0.3) is 0 Å². The Kier molecular flexibility index (Phi) is 11.7. The standard InChI is InChI=1S/C23H35FN4O3.HI/c1-3-25-23(28-11-9-19(10-12-28)22(29)31-4-2)26-17-21(27-13-15-30-16-14-27)18-5-7-20(24)8-6-18;/h5-8,19,21H,3-4,9-17H2,1-2H3,(H,25,26);1H. The molecule has 7 nitrogen and oxygen atoms in total. The minimum absolute atomic E-state index is 0. The highest BCUT2D eigenvalue weighted by atomic mass is 127. The average molecular weight is 562 g/mol. The van der Waals surface area contributed by atoms with Crippen molar-refractivity contribution in [1.29, 1.82) is 0 Å². The van der Waals surface area contributed by atoms with Crippen LogP contribution in [0.5, 0.6) is 0 Å². The summed E-state index contributed by atoms with van der Waals surface area (Å²) in [5, 5.41) is 3.40. The summed E-state index contributed by atoms with van der Waals surface area (Å²) >= 11 is 0. The molecule has 1 aromatic carbocycles. The molecular formula is C23H36FIN4O3. The van der Waals surface area contributed by atoms with Gasteiger partial charge in [0.2, 0.25) is 0 Å². The predicted octanol–water partition coefficient (Wildman–Crippen LogP) is 3.06. The van der Waals surface area contributed by atoms with Crippen molar-refractivity contribution in [1.82, 2.24) is 15.1 Å². The molecule has 180 valence electrons. The van der Waals surface area contributed by atoms with Gasteiger partial charge in [0, 0.05) is 32.7 Å². The van der Waals surface area contributed by atoms with E-state index in [0.717, 1.165) is 57.1 Å². The lowest BCUT2D eigenvalue weighted by molar-refractivity contribution is -0.149. The molecule has 1 N–H and O–H groups in total. The highest BCUT2D eigenvalue weighted by Crippen LogP contribution is 2.24. The van der Waals surface area contributed by atoms with E-state index < -0.39 is 0 Å². The predicted molar refractivity (Wildman–Crippen MR) is 134 cm³/mol. The Bertz CT molecular complexity index is 720. The van der Waals surface area contributed by atoms with Crippen molar-refractivity contribution in [3.63, 3.8) is 0 Å². The summed E-state index contributed by atoms with van der Waals surface area (Å²) in [7, 11) is 0. The number of likely N-dealkylation sites (tertiary alicyclic amines) is 1. The van der Waals surface area contributed by atoms with Gasteiger partial charge in [-0.25, -0.2) is 4.39 Å². The first-order chi connectivity index (χ1) is 15.1. The van der Waals surface area contributed by atoms with Crippen LogP contribution < -0.4 is 5.32 Å². The molecular weight excluding hydrogens is 526 g/mol. The van der Waals surface area contributed by atoms with E-state index in [1.54, 1.807) is 0 Å². The Balaban J connectivity index is 0.00000363. The van der Waals surface area contributed by atoms with Crippen LogP contribution in [0.3, 0.4) is 0 Å². The smallest absolute Gasteiger partial charge is 0.309 e. The molecule has 2 aliphatic rings. The molecule has 0 amide bonds. The van der Waals surface area contributed by atoms with Crippen molar-refractivity contribution in [2.75, 3.05) is 59.1 Å². The number of ether oxygens (including phenoxy) is 2. The van der Waals surface area contributed by atoms with E-state index in [1.165, 1.54) is 12.1 Å². The van der Waals surface area contributed by atoms with Gasteiger partial charge in [-0.2, -0.15) is 0 Å². The molecule has 0 aromatic heterocycles. The molecule has 32 heavy (non-hydrogen) atoms. The van der Waals surface area contributed by atoms with E-state index in [-0.39, 0.29) is 47.7 Å². The van der Waals surface area contributed by atoms with Crippen LogP contribution >= 0.6 is 24.0 Å². The number of carbonyl (C=O) groups is 1. The second-order valence-electron chi connectivity index (χ2n) is 7.92. The number of esters is 1. The number of guanidine groups is 1. The molecule has 2 aliphatic heterocycles. The Morgan fingerprint density at radius 2 is 1.84 bits per heavy atom. The maximum absolute atomic E-state index is 13.5. The van der Waals surface area contributed by atoms with E-state index in [9.17, 15) is 9.18 Å². The Morgan fingerprint density at radius 1 is 1.19 bits per heavy atom. The van der Waals surface area contributed by atoms with E-state index in [1.807, 2.05) is 19.1 Å². The van der Waals surface area contributed by atoms with Gasteiger partial charge in [0.05, 0.1) is 38.3 Å². The summed E-state index contributed by atoms with van der Waals surface area (Å²) in [5.41, 5.74) is 1.06. The lowest BCUT2D eigenvalue weighted by Gasteiger charge is -2.36. The lowest BCUT2D eigenvalue weighted by atomic mass is 9.97. The number of halogens is 2. The van der Waals surface area contributed by atoms with Crippen LogP contribution in [-0.4, -0.2) is 80.8 Å². The summed E-state index contributed by atoms with van der Waals surface area (Å²) in [4.78, 5) is 21.6. The van der Waals surface area contributed by atoms with Gasteiger partial charge in [-0.3, -0.25) is 14.7 Å². The molecule has 2 heterocycles. The first kappa shape index (κ1) is 26.8. The van der Waals surface area contributed by atoms with Gasteiger partial charge in [0.15, 0.2) is 5.96 Å². The second kappa shape index (κ2) is 13.9. The number of nitrogens with zero attached hydrogens (tertiary/aromatic N) is 3. The van der Waals surface area contributed by atoms with Crippen molar-refractivity contribution in [2.45, 2.75) is 32.7 Å². The fourth-order valence-corrected chi connectivity index (χ4v) is 4.19. The zero-order chi connectivity index (χ0) is 22.1. The van der Waals surface area contributed by atoms with Crippen molar-refractivity contribution < 1.29 is 18.7 Å². The minimum Gasteiger partial charge on any atom is -0.466 e. The monoisotopic (exact) mass is 562 g/mol. The number of rotatable bonds is 7. The number of piperidine rings is 1. The van der Waals surface area contributed by atoms with Crippen molar-refractivity contribution >= 4 is 35.9 Å². The van der Waals surface area contributed by atoms with Crippen LogP contribution in [0, 0.1) is 11.7 Å². The molecule has 2 fully saturated rings. The highest BCUT2D eigenvalue weighted by molar-refractivity contribution is 14.0. The number of morpholine rings is 1. The average Bonchev–Trinajstić information content (AvgIpc) is 2.80. The van der Waals surface area contributed by atoms with E-state index in [0.29, 0.717) is 26.4 Å². The maximum atomic E-state index is 13.5. The Hall–Kier alpha value is -1.46. The molecule has 0 radical (unpaired) electrons.